The average molecular weight is 176 g/mol. The first kappa shape index (κ1) is 9.92. The van der Waals surface area contributed by atoms with Crippen molar-refractivity contribution >= 4 is 0 Å². The van der Waals surface area contributed by atoms with Gasteiger partial charge in [0.05, 0.1) is 6.61 Å². The van der Waals surface area contributed by atoms with E-state index in [1.54, 1.807) is 21.3 Å². The first-order chi connectivity index (χ1) is 5.79. The minimum absolute atomic E-state index is 0.138. The summed E-state index contributed by atoms with van der Waals surface area (Å²) < 4.78 is 20.9. The van der Waals surface area contributed by atoms with E-state index in [-0.39, 0.29) is 6.10 Å². The molecule has 0 aromatic rings. The molecule has 1 unspecified atom stereocenters. The molecular formula is C8H16O4. The first-order valence-electron chi connectivity index (χ1n) is 4.06. The Morgan fingerprint density at radius 2 is 1.92 bits per heavy atom. The highest BCUT2D eigenvalue weighted by molar-refractivity contribution is 4.75. The minimum Gasteiger partial charge on any atom is -0.373 e. The van der Waals surface area contributed by atoms with Crippen LogP contribution < -0.4 is 0 Å². The van der Waals surface area contributed by atoms with Gasteiger partial charge in [-0.1, -0.05) is 0 Å². The molecule has 1 aliphatic rings. The molecule has 0 aromatic heterocycles. The Morgan fingerprint density at radius 1 is 1.25 bits per heavy atom. The van der Waals surface area contributed by atoms with Gasteiger partial charge in [-0.15, -0.1) is 0 Å². The fraction of sp³-hybridized carbons (Fsp3) is 1.00. The van der Waals surface area contributed by atoms with Crippen molar-refractivity contribution in [2.75, 3.05) is 27.9 Å². The van der Waals surface area contributed by atoms with Crippen LogP contribution in [0.2, 0.25) is 0 Å². The zero-order valence-electron chi connectivity index (χ0n) is 7.83. The van der Waals surface area contributed by atoms with Gasteiger partial charge in [-0.05, 0) is 12.8 Å². The zero-order chi connectivity index (χ0) is 9.03. The van der Waals surface area contributed by atoms with Gasteiger partial charge in [-0.2, -0.15) is 0 Å². The van der Waals surface area contributed by atoms with Crippen LogP contribution in [0.4, 0.5) is 0 Å². The van der Waals surface area contributed by atoms with Crippen molar-refractivity contribution in [3.63, 3.8) is 0 Å². The fourth-order valence-corrected chi connectivity index (χ4v) is 1.48. The quantitative estimate of drug-likeness (QED) is 0.595. The fourth-order valence-electron chi connectivity index (χ4n) is 1.48. The van der Waals surface area contributed by atoms with Crippen molar-refractivity contribution in [3.05, 3.63) is 0 Å². The Morgan fingerprint density at radius 3 is 2.33 bits per heavy atom. The molecule has 0 radical (unpaired) electrons. The molecule has 0 aliphatic carbocycles. The van der Waals surface area contributed by atoms with Gasteiger partial charge in [0.1, 0.15) is 6.10 Å². The summed E-state index contributed by atoms with van der Waals surface area (Å²) >= 11 is 0. The normalized spacial score (nSPS) is 28.8. The lowest BCUT2D eigenvalue weighted by atomic mass is 10.1. The van der Waals surface area contributed by atoms with E-state index in [1.807, 2.05) is 0 Å². The van der Waals surface area contributed by atoms with Gasteiger partial charge in [0, 0.05) is 21.3 Å². The SMILES string of the molecule is COC1CCCOC1(OC)OC. The highest BCUT2D eigenvalue weighted by atomic mass is 16.9. The second kappa shape index (κ2) is 4.18. The standard InChI is InChI=1S/C8H16O4/c1-9-7-5-4-6-12-8(7,10-2)11-3/h7H,4-6H2,1-3H3. The van der Waals surface area contributed by atoms with Crippen LogP contribution in [0.25, 0.3) is 0 Å². The van der Waals surface area contributed by atoms with Crippen LogP contribution in [0.5, 0.6) is 0 Å². The molecule has 0 aromatic carbocycles. The summed E-state index contributed by atoms with van der Waals surface area (Å²) in [5.74, 6) is -0.993. The molecule has 0 spiro atoms. The second-order valence-corrected chi connectivity index (χ2v) is 2.73. The maximum Gasteiger partial charge on any atom is 0.310 e. The van der Waals surface area contributed by atoms with Crippen molar-refractivity contribution < 1.29 is 18.9 Å². The van der Waals surface area contributed by atoms with Crippen molar-refractivity contribution in [2.45, 2.75) is 24.9 Å². The predicted octanol–water partition coefficient (Wildman–Crippen LogP) is 0.758. The van der Waals surface area contributed by atoms with E-state index in [9.17, 15) is 0 Å². The number of rotatable bonds is 3. The molecule has 1 rings (SSSR count). The van der Waals surface area contributed by atoms with Crippen LogP contribution in [0.3, 0.4) is 0 Å². The van der Waals surface area contributed by atoms with E-state index in [2.05, 4.69) is 0 Å². The van der Waals surface area contributed by atoms with Crippen molar-refractivity contribution in [3.8, 4) is 0 Å². The zero-order valence-corrected chi connectivity index (χ0v) is 7.83. The Labute approximate surface area is 72.7 Å². The van der Waals surface area contributed by atoms with Crippen LogP contribution >= 0.6 is 0 Å². The molecule has 0 amide bonds. The molecule has 72 valence electrons. The molecule has 4 nitrogen and oxygen atoms in total. The number of methoxy groups -OCH3 is 3. The van der Waals surface area contributed by atoms with E-state index in [1.165, 1.54) is 0 Å². The van der Waals surface area contributed by atoms with E-state index in [0.717, 1.165) is 12.8 Å². The third kappa shape index (κ3) is 1.61. The third-order valence-electron chi connectivity index (χ3n) is 2.16. The van der Waals surface area contributed by atoms with Gasteiger partial charge in [0.2, 0.25) is 0 Å². The van der Waals surface area contributed by atoms with Gasteiger partial charge in [0.25, 0.3) is 0 Å². The van der Waals surface area contributed by atoms with Crippen LogP contribution in [0, 0.1) is 0 Å². The Bertz CT molecular complexity index is 133. The summed E-state index contributed by atoms with van der Waals surface area (Å²) in [5, 5.41) is 0. The molecule has 0 saturated carbocycles. The van der Waals surface area contributed by atoms with E-state index in [4.69, 9.17) is 18.9 Å². The maximum absolute atomic E-state index is 5.40. The number of hydrogen-bond acceptors (Lipinski definition) is 4. The van der Waals surface area contributed by atoms with E-state index < -0.39 is 5.97 Å². The van der Waals surface area contributed by atoms with Crippen LogP contribution in [-0.2, 0) is 18.9 Å². The van der Waals surface area contributed by atoms with Gasteiger partial charge in [0.15, 0.2) is 0 Å². The summed E-state index contributed by atoms with van der Waals surface area (Å²) in [7, 11) is 4.74. The molecule has 1 aliphatic heterocycles. The average Bonchev–Trinajstić information content (AvgIpc) is 2.17. The lowest BCUT2D eigenvalue weighted by Crippen LogP contribution is -2.52. The topological polar surface area (TPSA) is 36.9 Å². The van der Waals surface area contributed by atoms with Gasteiger partial charge >= 0.3 is 5.97 Å². The van der Waals surface area contributed by atoms with Crippen molar-refractivity contribution in [1.29, 1.82) is 0 Å². The highest BCUT2D eigenvalue weighted by Gasteiger charge is 2.43. The Hall–Kier alpha value is -0.160. The molecule has 1 saturated heterocycles. The van der Waals surface area contributed by atoms with Crippen LogP contribution in [0.15, 0.2) is 0 Å². The lowest BCUT2D eigenvalue weighted by molar-refractivity contribution is -0.411. The van der Waals surface area contributed by atoms with Crippen LogP contribution in [-0.4, -0.2) is 40.0 Å². The van der Waals surface area contributed by atoms with Gasteiger partial charge < -0.3 is 18.9 Å². The minimum atomic E-state index is -0.993. The third-order valence-corrected chi connectivity index (χ3v) is 2.16. The van der Waals surface area contributed by atoms with Crippen molar-refractivity contribution in [2.24, 2.45) is 0 Å². The smallest absolute Gasteiger partial charge is 0.310 e. The predicted molar refractivity (Wildman–Crippen MR) is 42.7 cm³/mol. The molecule has 4 heteroatoms. The molecular weight excluding hydrogens is 160 g/mol. The summed E-state index contributed by atoms with van der Waals surface area (Å²) in [6.07, 6.45) is 1.74. The molecule has 1 heterocycles. The summed E-state index contributed by atoms with van der Waals surface area (Å²) in [6, 6.07) is 0. The lowest BCUT2D eigenvalue weighted by Gasteiger charge is -2.39. The summed E-state index contributed by atoms with van der Waals surface area (Å²) in [5.41, 5.74) is 0. The second-order valence-electron chi connectivity index (χ2n) is 2.73. The molecule has 12 heavy (non-hydrogen) atoms. The summed E-state index contributed by atoms with van der Waals surface area (Å²) in [4.78, 5) is 0. The molecule has 0 bridgehead atoms. The number of ether oxygens (including phenoxy) is 4. The van der Waals surface area contributed by atoms with Crippen LogP contribution in [0.1, 0.15) is 12.8 Å². The van der Waals surface area contributed by atoms with Gasteiger partial charge in [-0.25, -0.2) is 0 Å². The van der Waals surface area contributed by atoms with Crippen molar-refractivity contribution in [1.82, 2.24) is 0 Å². The largest absolute Gasteiger partial charge is 0.373 e. The first-order valence-corrected chi connectivity index (χ1v) is 4.06. The summed E-state index contributed by atoms with van der Waals surface area (Å²) in [6.45, 7) is 0.654. The monoisotopic (exact) mass is 176 g/mol. The molecule has 0 N–H and O–H groups in total. The Kier molecular flexibility index (Phi) is 3.46. The van der Waals surface area contributed by atoms with E-state index >= 15 is 0 Å². The highest BCUT2D eigenvalue weighted by Crippen LogP contribution is 2.28. The van der Waals surface area contributed by atoms with Gasteiger partial charge in [-0.3, -0.25) is 0 Å². The number of hydrogen-bond donors (Lipinski definition) is 0. The maximum atomic E-state index is 5.40. The van der Waals surface area contributed by atoms with E-state index in [0.29, 0.717) is 6.61 Å². The Balaban J connectivity index is 2.66. The molecule has 1 fully saturated rings. The molecule has 1 atom stereocenters.